The minimum Gasteiger partial charge on any atom is -0.394 e. The number of hydrogen-bond donors (Lipinski definition) is 3. The van der Waals surface area contributed by atoms with E-state index in [-0.39, 0.29) is 40.3 Å². The van der Waals surface area contributed by atoms with E-state index in [1.807, 2.05) is 41.5 Å². The number of alkyl halides is 1. The van der Waals surface area contributed by atoms with Crippen LogP contribution in [0.5, 0.6) is 0 Å². The van der Waals surface area contributed by atoms with Crippen LogP contribution in [-0.2, 0) is 14.4 Å². The van der Waals surface area contributed by atoms with E-state index in [0.717, 1.165) is 6.42 Å². The van der Waals surface area contributed by atoms with Crippen molar-refractivity contribution < 1.29 is 19.5 Å². The van der Waals surface area contributed by atoms with Crippen LogP contribution in [0.1, 0.15) is 60.8 Å². The van der Waals surface area contributed by atoms with Gasteiger partial charge in [0.25, 0.3) is 0 Å². The van der Waals surface area contributed by atoms with E-state index in [4.69, 9.17) is 0 Å². The molecule has 3 saturated heterocycles. The number of hydrogen-bond acceptors (Lipinski definition) is 5. The predicted octanol–water partition coefficient (Wildman–Crippen LogP) is 2.30. The van der Waals surface area contributed by atoms with Gasteiger partial charge in [-0.2, -0.15) is 0 Å². The number of nitrogens with one attached hydrogen (secondary N) is 2. The van der Waals surface area contributed by atoms with Crippen LogP contribution in [0.2, 0.25) is 0 Å². The first-order valence-corrected chi connectivity index (χ1v) is 13.5. The van der Waals surface area contributed by atoms with Crippen molar-refractivity contribution in [1.29, 1.82) is 0 Å². The second kappa shape index (κ2) is 9.45. The fraction of sp³-hybridized carbons (Fsp3) is 0.870. The third-order valence-electron chi connectivity index (χ3n) is 6.67. The number of aliphatic hydroxyl groups excluding tert-OH is 1. The van der Waals surface area contributed by atoms with Crippen molar-refractivity contribution in [2.75, 3.05) is 13.2 Å². The zero-order valence-corrected chi connectivity index (χ0v) is 22.4. The average molecular weight is 533 g/mol. The van der Waals surface area contributed by atoms with Gasteiger partial charge < -0.3 is 20.6 Å². The lowest BCUT2D eigenvalue weighted by atomic mass is 9.70. The van der Waals surface area contributed by atoms with Crippen LogP contribution in [0.15, 0.2) is 0 Å². The summed E-state index contributed by atoms with van der Waals surface area (Å²) < 4.78 is -0.677. The number of carbonyl (C=O) groups excluding carboxylic acids is 3. The maximum absolute atomic E-state index is 14.0. The molecule has 3 N–H and O–H groups in total. The van der Waals surface area contributed by atoms with Gasteiger partial charge in [-0.05, 0) is 46.0 Å². The molecular formula is C23H38BrN3O4S. The van der Waals surface area contributed by atoms with E-state index in [1.54, 1.807) is 16.7 Å². The standard InChI is InChI=1S/C23H38BrN3O4S/c1-7-8-25-19(29)15-16-21(31)27(13(11-28)9-12(2)3)18(20(30)26-22(4,5)6)23(16)10-14(24)17(15)32-23/h12-18,28H,7-11H2,1-6H3,(H,25,29)(H,26,30)/t13-,14?,15-,16+,17-,18?,23?/m1/s1. The van der Waals surface area contributed by atoms with Crippen LogP contribution in [0.25, 0.3) is 0 Å². The topological polar surface area (TPSA) is 98.7 Å². The molecule has 3 rings (SSSR count). The van der Waals surface area contributed by atoms with Gasteiger partial charge in [0, 0.05) is 22.2 Å². The molecule has 3 aliphatic heterocycles. The number of halogens is 1. The highest BCUT2D eigenvalue weighted by Crippen LogP contribution is 2.68. The molecule has 3 amide bonds. The Morgan fingerprint density at radius 1 is 1.31 bits per heavy atom. The van der Waals surface area contributed by atoms with Gasteiger partial charge in [0.15, 0.2) is 0 Å². The van der Waals surface area contributed by atoms with Gasteiger partial charge in [-0.15, -0.1) is 11.8 Å². The molecule has 3 fully saturated rings. The summed E-state index contributed by atoms with van der Waals surface area (Å²) in [4.78, 5) is 42.5. The Kier molecular flexibility index (Phi) is 7.62. The summed E-state index contributed by atoms with van der Waals surface area (Å²) in [6.45, 7) is 12.2. The summed E-state index contributed by atoms with van der Waals surface area (Å²) in [7, 11) is 0. The number of nitrogens with zero attached hydrogens (tertiary/aromatic N) is 1. The van der Waals surface area contributed by atoms with Crippen molar-refractivity contribution in [2.24, 2.45) is 17.8 Å². The van der Waals surface area contributed by atoms with Gasteiger partial charge in [0.05, 0.1) is 29.2 Å². The van der Waals surface area contributed by atoms with Crippen LogP contribution >= 0.6 is 27.7 Å². The zero-order chi connectivity index (χ0) is 24.0. The first kappa shape index (κ1) is 25.8. The van der Waals surface area contributed by atoms with Gasteiger partial charge in [-0.1, -0.05) is 36.7 Å². The number of likely N-dealkylation sites (tertiary alicyclic amines) is 1. The van der Waals surface area contributed by atoms with E-state index < -0.39 is 34.2 Å². The van der Waals surface area contributed by atoms with E-state index in [9.17, 15) is 19.5 Å². The second-order valence-corrected chi connectivity index (χ2v) is 13.6. The molecule has 3 unspecified atom stereocenters. The molecule has 7 atom stereocenters. The lowest BCUT2D eigenvalue weighted by molar-refractivity contribution is -0.143. The largest absolute Gasteiger partial charge is 0.394 e. The van der Waals surface area contributed by atoms with Gasteiger partial charge in [0.2, 0.25) is 17.7 Å². The highest BCUT2D eigenvalue weighted by molar-refractivity contribution is 9.09. The summed E-state index contributed by atoms with van der Waals surface area (Å²) in [6.07, 6.45) is 2.07. The van der Waals surface area contributed by atoms with E-state index in [0.29, 0.717) is 19.4 Å². The quantitative estimate of drug-likeness (QED) is 0.417. The third kappa shape index (κ3) is 4.45. The molecule has 2 bridgehead atoms. The Labute approximate surface area is 204 Å². The molecule has 3 aliphatic rings. The molecule has 0 radical (unpaired) electrons. The number of rotatable bonds is 8. The van der Waals surface area contributed by atoms with Crippen molar-refractivity contribution in [1.82, 2.24) is 15.5 Å². The summed E-state index contributed by atoms with van der Waals surface area (Å²) >= 11 is 5.40. The molecule has 7 nitrogen and oxygen atoms in total. The first-order chi connectivity index (χ1) is 14.9. The Morgan fingerprint density at radius 3 is 2.50 bits per heavy atom. The van der Waals surface area contributed by atoms with E-state index >= 15 is 0 Å². The first-order valence-electron chi connectivity index (χ1n) is 11.7. The number of carbonyl (C=O) groups is 3. The number of amides is 3. The van der Waals surface area contributed by atoms with Crippen molar-refractivity contribution in [3.05, 3.63) is 0 Å². The highest BCUT2D eigenvalue weighted by atomic mass is 79.9. The molecule has 32 heavy (non-hydrogen) atoms. The lowest BCUT2D eigenvalue weighted by Gasteiger charge is -2.39. The van der Waals surface area contributed by atoms with Crippen molar-refractivity contribution in [3.8, 4) is 0 Å². The smallest absolute Gasteiger partial charge is 0.244 e. The zero-order valence-electron chi connectivity index (χ0n) is 20.0. The molecule has 0 aromatic carbocycles. The molecule has 182 valence electrons. The molecule has 0 saturated carbocycles. The Morgan fingerprint density at radius 2 is 1.97 bits per heavy atom. The van der Waals surface area contributed by atoms with Gasteiger partial charge in [-0.3, -0.25) is 14.4 Å². The van der Waals surface area contributed by atoms with E-state index in [2.05, 4.69) is 26.6 Å². The Hall–Kier alpha value is -0.800. The number of aliphatic hydroxyl groups is 1. The molecule has 1 spiro atoms. The van der Waals surface area contributed by atoms with Crippen LogP contribution in [0.4, 0.5) is 0 Å². The third-order valence-corrected chi connectivity index (χ3v) is 9.89. The fourth-order valence-electron chi connectivity index (χ4n) is 5.68. The fourth-order valence-corrected chi connectivity index (χ4v) is 9.28. The van der Waals surface area contributed by atoms with Crippen LogP contribution in [0, 0.1) is 17.8 Å². The summed E-state index contributed by atoms with van der Waals surface area (Å²) in [6, 6.07) is -1.17. The van der Waals surface area contributed by atoms with Crippen molar-refractivity contribution in [2.45, 2.75) is 93.3 Å². The van der Waals surface area contributed by atoms with Gasteiger partial charge in [0.1, 0.15) is 6.04 Å². The van der Waals surface area contributed by atoms with Gasteiger partial charge >= 0.3 is 0 Å². The van der Waals surface area contributed by atoms with Crippen molar-refractivity contribution in [3.63, 3.8) is 0 Å². The monoisotopic (exact) mass is 531 g/mol. The molecule has 0 aliphatic carbocycles. The number of thioether (sulfide) groups is 1. The second-order valence-electron chi connectivity index (χ2n) is 10.9. The highest BCUT2D eigenvalue weighted by Gasteiger charge is 2.76. The Bertz CT molecular complexity index is 758. The van der Waals surface area contributed by atoms with Crippen LogP contribution in [0.3, 0.4) is 0 Å². The predicted molar refractivity (Wildman–Crippen MR) is 131 cm³/mol. The van der Waals surface area contributed by atoms with E-state index in [1.165, 1.54) is 0 Å². The minimum atomic E-state index is -0.714. The SMILES string of the molecule is CCCNC(=O)[C@H]1[C@@H]2SC3(CC2Br)C(C(=O)NC(C)(C)C)N([C@@H](CO)CC(C)C)C(=O)[C@H]13. The Balaban J connectivity index is 2.07. The molecule has 0 aromatic heterocycles. The minimum absolute atomic E-state index is 0.0504. The van der Waals surface area contributed by atoms with Crippen LogP contribution < -0.4 is 10.6 Å². The van der Waals surface area contributed by atoms with Crippen LogP contribution in [-0.4, -0.2) is 73.3 Å². The summed E-state index contributed by atoms with van der Waals surface area (Å²) in [5, 5.41) is 16.3. The average Bonchev–Trinajstić information content (AvgIpc) is 3.26. The van der Waals surface area contributed by atoms with Crippen molar-refractivity contribution >= 4 is 45.4 Å². The maximum Gasteiger partial charge on any atom is 0.244 e. The molecule has 9 heteroatoms. The number of fused-ring (bicyclic) bond motifs is 1. The van der Waals surface area contributed by atoms with Gasteiger partial charge in [-0.25, -0.2) is 0 Å². The molecule has 0 aromatic rings. The molecular weight excluding hydrogens is 494 g/mol. The molecule has 3 heterocycles. The maximum atomic E-state index is 14.0. The lowest BCUT2D eigenvalue weighted by Crippen LogP contribution is -2.59. The summed E-state index contributed by atoms with van der Waals surface area (Å²) in [5.41, 5.74) is -0.458. The summed E-state index contributed by atoms with van der Waals surface area (Å²) in [5.74, 6) is -1.25. The normalized spacial score (nSPS) is 34.7.